The summed E-state index contributed by atoms with van der Waals surface area (Å²) in [5.74, 6) is -0.992. The molecule has 1 saturated heterocycles. The van der Waals surface area contributed by atoms with Gasteiger partial charge in [-0.2, -0.15) is 4.98 Å². The first-order chi connectivity index (χ1) is 11.8. The van der Waals surface area contributed by atoms with Gasteiger partial charge in [0.15, 0.2) is 5.58 Å². The van der Waals surface area contributed by atoms with E-state index >= 15 is 0 Å². The van der Waals surface area contributed by atoms with Crippen LogP contribution in [0.5, 0.6) is 0 Å². The number of carbonyl (C=O) groups is 1. The number of oxazole rings is 1. The fourth-order valence-corrected chi connectivity index (χ4v) is 3.44. The smallest absolute Gasteiger partial charge is 0.338 e. The summed E-state index contributed by atoms with van der Waals surface area (Å²) < 4.78 is 5.87. The van der Waals surface area contributed by atoms with E-state index in [1.165, 1.54) is 0 Å². The van der Waals surface area contributed by atoms with Crippen molar-refractivity contribution in [2.75, 3.05) is 31.1 Å². The molecule has 1 atom stereocenters. The lowest BCUT2D eigenvalue weighted by atomic mass is 9.84. The Bertz CT molecular complexity index is 791. The number of para-hydroxylation sites is 1. The summed E-state index contributed by atoms with van der Waals surface area (Å²) in [5.41, 5.74) is 1.19. The van der Waals surface area contributed by atoms with E-state index < -0.39 is 5.97 Å². The third kappa shape index (κ3) is 3.39. The molecule has 0 radical (unpaired) electrons. The molecular formula is C19H25N3O3. The number of carboxylic acid groups (broad SMARTS) is 1. The van der Waals surface area contributed by atoms with Gasteiger partial charge in [-0.25, -0.2) is 4.79 Å². The van der Waals surface area contributed by atoms with Gasteiger partial charge in [-0.15, -0.1) is 6.58 Å². The quantitative estimate of drug-likeness (QED) is 0.860. The molecule has 3 rings (SSSR count). The van der Waals surface area contributed by atoms with Crippen LogP contribution in [-0.2, 0) is 0 Å². The van der Waals surface area contributed by atoms with Crippen molar-refractivity contribution in [2.45, 2.75) is 26.8 Å². The van der Waals surface area contributed by atoms with E-state index in [9.17, 15) is 9.90 Å². The number of fused-ring (bicyclic) bond motifs is 1. The fraction of sp³-hybridized carbons (Fsp3) is 0.474. The van der Waals surface area contributed by atoms with Crippen molar-refractivity contribution in [3.63, 3.8) is 0 Å². The first-order valence-electron chi connectivity index (χ1n) is 8.54. The number of benzene rings is 1. The van der Waals surface area contributed by atoms with E-state index in [1.54, 1.807) is 18.2 Å². The number of nitrogens with zero attached hydrogens (tertiary/aromatic N) is 3. The molecule has 134 valence electrons. The minimum atomic E-state index is -0.992. The Morgan fingerprint density at radius 1 is 1.44 bits per heavy atom. The van der Waals surface area contributed by atoms with Crippen molar-refractivity contribution in [3.8, 4) is 0 Å². The standard InChI is InChI=1S/C19H25N3O3/c1-5-9-21-10-11-22(12-15(21)19(2,3)4)18-20-16-13(17(23)24)7-6-8-14(16)25-18/h5-8,15H,1,9-12H2,2-4H3,(H,23,24). The maximum atomic E-state index is 11.4. The summed E-state index contributed by atoms with van der Waals surface area (Å²) in [5, 5.41) is 9.33. The first-order valence-corrected chi connectivity index (χ1v) is 8.54. The highest BCUT2D eigenvalue weighted by Crippen LogP contribution is 2.31. The van der Waals surface area contributed by atoms with Gasteiger partial charge in [-0.05, 0) is 17.5 Å². The molecule has 6 heteroatoms. The molecule has 1 N–H and O–H groups in total. The van der Waals surface area contributed by atoms with Crippen LogP contribution >= 0.6 is 0 Å². The number of hydrogen-bond donors (Lipinski definition) is 1. The van der Waals surface area contributed by atoms with Gasteiger partial charge in [0.25, 0.3) is 6.01 Å². The molecule has 6 nitrogen and oxygen atoms in total. The summed E-state index contributed by atoms with van der Waals surface area (Å²) in [6.07, 6.45) is 1.94. The van der Waals surface area contributed by atoms with Crippen molar-refractivity contribution < 1.29 is 14.3 Å². The Morgan fingerprint density at radius 3 is 2.84 bits per heavy atom. The number of rotatable bonds is 4. The number of piperazine rings is 1. The highest BCUT2D eigenvalue weighted by molar-refractivity contribution is 6.00. The van der Waals surface area contributed by atoms with Gasteiger partial charge >= 0.3 is 5.97 Å². The molecule has 2 heterocycles. The van der Waals surface area contributed by atoms with Gasteiger partial charge in [-0.1, -0.05) is 32.9 Å². The predicted octanol–water partition coefficient (Wildman–Crippen LogP) is 3.25. The number of carboxylic acids is 1. The van der Waals surface area contributed by atoms with E-state index in [0.29, 0.717) is 23.2 Å². The van der Waals surface area contributed by atoms with Crippen molar-refractivity contribution in [2.24, 2.45) is 5.41 Å². The predicted molar refractivity (Wildman–Crippen MR) is 98.2 cm³/mol. The topological polar surface area (TPSA) is 69.8 Å². The van der Waals surface area contributed by atoms with Crippen LogP contribution in [0.4, 0.5) is 6.01 Å². The maximum absolute atomic E-state index is 11.4. The van der Waals surface area contributed by atoms with E-state index in [0.717, 1.165) is 26.2 Å². The minimum Gasteiger partial charge on any atom is -0.478 e. The van der Waals surface area contributed by atoms with Crippen molar-refractivity contribution in [1.82, 2.24) is 9.88 Å². The molecule has 0 amide bonds. The first kappa shape index (κ1) is 17.5. The molecule has 0 aliphatic carbocycles. The zero-order valence-electron chi connectivity index (χ0n) is 15.0. The normalized spacial score (nSPS) is 19.3. The summed E-state index contributed by atoms with van der Waals surface area (Å²) in [6.45, 7) is 13.9. The van der Waals surface area contributed by atoms with E-state index in [1.807, 2.05) is 6.08 Å². The lowest BCUT2D eigenvalue weighted by Gasteiger charge is -2.46. The molecule has 1 aromatic heterocycles. The Labute approximate surface area is 147 Å². The van der Waals surface area contributed by atoms with Crippen LogP contribution in [0, 0.1) is 5.41 Å². The Kier molecular flexibility index (Phi) is 4.56. The number of hydrogen-bond acceptors (Lipinski definition) is 5. The average molecular weight is 343 g/mol. The Hall–Kier alpha value is -2.34. The maximum Gasteiger partial charge on any atom is 0.338 e. The molecule has 1 unspecified atom stereocenters. The molecule has 1 aliphatic rings. The Balaban J connectivity index is 1.92. The molecule has 0 bridgehead atoms. The van der Waals surface area contributed by atoms with Gasteiger partial charge in [0.2, 0.25) is 0 Å². The molecule has 2 aromatic rings. The lowest BCUT2D eigenvalue weighted by molar-refractivity contribution is 0.0699. The molecule has 0 saturated carbocycles. The van der Waals surface area contributed by atoms with E-state index in [2.05, 4.69) is 42.1 Å². The summed E-state index contributed by atoms with van der Waals surface area (Å²) in [7, 11) is 0. The van der Waals surface area contributed by atoms with Crippen LogP contribution in [0.1, 0.15) is 31.1 Å². The number of anilines is 1. The minimum absolute atomic E-state index is 0.0971. The zero-order valence-corrected chi connectivity index (χ0v) is 15.0. The van der Waals surface area contributed by atoms with Gasteiger partial charge in [-0.3, -0.25) is 4.90 Å². The Morgan fingerprint density at radius 2 is 2.20 bits per heavy atom. The second-order valence-electron chi connectivity index (χ2n) is 7.57. The molecule has 0 spiro atoms. The van der Waals surface area contributed by atoms with Gasteiger partial charge in [0, 0.05) is 32.2 Å². The van der Waals surface area contributed by atoms with Crippen molar-refractivity contribution in [1.29, 1.82) is 0 Å². The van der Waals surface area contributed by atoms with Crippen LogP contribution in [0.3, 0.4) is 0 Å². The molecule has 25 heavy (non-hydrogen) atoms. The average Bonchev–Trinajstić information content (AvgIpc) is 2.98. The van der Waals surface area contributed by atoms with Crippen LogP contribution in [0.2, 0.25) is 0 Å². The van der Waals surface area contributed by atoms with Crippen molar-refractivity contribution >= 4 is 23.1 Å². The van der Waals surface area contributed by atoms with Gasteiger partial charge < -0.3 is 14.4 Å². The third-order valence-corrected chi connectivity index (χ3v) is 4.76. The van der Waals surface area contributed by atoms with Gasteiger partial charge in [0.1, 0.15) is 5.52 Å². The number of aromatic nitrogens is 1. The summed E-state index contributed by atoms with van der Waals surface area (Å²) in [4.78, 5) is 20.4. The molecule has 1 aromatic carbocycles. The SMILES string of the molecule is C=CCN1CCN(c2nc3c(C(=O)O)cccc3o2)CC1C(C)(C)C. The number of aromatic carboxylic acids is 1. The summed E-state index contributed by atoms with van der Waals surface area (Å²) in [6, 6.07) is 5.81. The lowest BCUT2D eigenvalue weighted by Crippen LogP contribution is -2.58. The summed E-state index contributed by atoms with van der Waals surface area (Å²) >= 11 is 0. The zero-order chi connectivity index (χ0) is 18.2. The van der Waals surface area contributed by atoms with Gasteiger partial charge in [0.05, 0.1) is 5.56 Å². The second kappa shape index (κ2) is 6.52. The van der Waals surface area contributed by atoms with Crippen LogP contribution in [0.25, 0.3) is 11.1 Å². The molecular weight excluding hydrogens is 318 g/mol. The van der Waals surface area contributed by atoms with Crippen molar-refractivity contribution in [3.05, 3.63) is 36.4 Å². The fourth-order valence-electron chi connectivity index (χ4n) is 3.44. The van der Waals surface area contributed by atoms with E-state index in [4.69, 9.17) is 4.42 Å². The van der Waals surface area contributed by atoms with Crippen LogP contribution < -0.4 is 4.90 Å². The molecule has 1 aliphatic heterocycles. The monoisotopic (exact) mass is 343 g/mol. The largest absolute Gasteiger partial charge is 0.478 e. The van der Waals surface area contributed by atoms with Crippen LogP contribution in [0.15, 0.2) is 35.3 Å². The third-order valence-electron chi connectivity index (χ3n) is 4.76. The highest BCUT2D eigenvalue weighted by Gasteiger charge is 2.36. The second-order valence-corrected chi connectivity index (χ2v) is 7.57. The molecule has 1 fully saturated rings. The van der Waals surface area contributed by atoms with E-state index in [-0.39, 0.29) is 11.0 Å². The highest BCUT2D eigenvalue weighted by atomic mass is 16.4. The van der Waals surface area contributed by atoms with Crippen LogP contribution in [-0.4, -0.2) is 53.2 Å².